The standard InChI is InChI=1S/C18H17NO3/c20-18(9-7-14-4-2-1-3-5-14)19-11-10-15-6-8-16-17(12-15)22-13-21-16/h1-9,12H,10-11,13H2,(H,19,20). The Morgan fingerprint density at radius 1 is 1.09 bits per heavy atom. The second-order valence-electron chi connectivity index (χ2n) is 4.97. The molecule has 2 aromatic carbocycles. The minimum absolute atomic E-state index is 0.0930. The highest BCUT2D eigenvalue weighted by Crippen LogP contribution is 2.32. The van der Waals surface area contributed by atoms with E-state index in [2.05, 4.69) is 5.32 Å². The van der Waals surface area contributed by atoms with Crippen LogP contribution in [0.1, 0.15) is 11.1 Å². The van der Waals surface area contributed by atoms with Crippen molar-refractivity contribution >= 4 is 12.0 Å². The van der Waals surface area contributed by atoms with Crippen molar-refractivity contribution in [2.24, 2.45) is 0 Å². The fourth-order valence-electron chi connectivity index (χ4n) is 2.22. The quantitative estimate of drug-likeness (QED) is 0.863. The van der Waals surface area contributed by atoms with E-state index in [4.69, 9.17) is 9.47 Å². The van der Waals surface area contributed by atoms with Gasteiger partial charge in [0.1, 0.15) is 0 Å². The number of amides is 1. The summed E-state index contributed by atoms with van der Waals surface area (Å²) in [7, 11) is 0. The molecule has 1 amide bonds. The lowest BCUT2D eigenvalue weighted by Crippen LogP contribution is -2.23. The van der Waals surface area contributed by atoms with Crippen molar-refractivity contribution < 1.29 is 14.3 Å². The molecule has 2 aromatic rings. The van der Waals surface area contributed by atoms with Gasteiger partial charge >= 0.3 is 0 Å². The van der Waals surface area contributed by atoms with Gasteiger partial charge in [-0.3, -0.25) is 4.79 Å². The number of ether oxygens (including phenoxy) is 2. The third-order valence-corrected chi connectivity index (χ3v) is 3.38. The van der Waals surface area contributed by atoms with Crippen LogP contribution in [0.2, 0.25) is 0 Å². The van der Waals surface area contributed by atoms with Gasteiger partial charge in [-0.2, -0.15) is 0 Å². The number of rotatable bonds is 5. The highest BCUT2D eigenvalue weighted by molar-refractivity contribution is 5.91. The molecule has 22 heavy (non-hydrogen) atoms. The number of fused-ring (bicyclic) bond motifs is 1. The van der Waals surface area contributed by atoms with Crippen LogP contribution in [0, 0.1) is 0 Å². The molecule has 0 saturated carbocycles. The Labute approximate surface area is 129 Å². The predicted octanol–water partition coefficient (Wildman–Crippen LogP) is 2.79. The molecule has 4 nitrogen and oxygen atoms in total. The van der Waals surface area contributed by atoms with Crippen molar-refractivity contribution in [3.63, 3.8) is 0 Å². The summed E-state index contributed by atoms with van der Waals surface area (Å²) in [5.74, 6) is 1.45. The Kier molecular flexibility index (Phi) is 4.39. The summed E-state index contributed by atoms with van der Waals surface area (Å²) in [6.45, 7) is 0.859. The average molecular weight is 295 g/mol. The molecule has 0 fully saturated rings. The predicted molar refractivity (Wildman–Crippen MR) is 84.8 cm³/mol. The van der Waals surface area contributed by atoms with Gasteiger partial charge in [-0.05, 0) is 35.8 Å². The van der Waals surface area contributed by atoms with E-state index in [1.165, 1.54) is 0 Å². The minimum atomic E-state index is -0.0930. The summed E-state index contributed by atoms with van der Waals surface area (Å²) in [5, 5.41) is 2.87. The van der Waals surface area contributed by atoms with Crippen molar-refractivity contribution in [2.45, 2.75) is 6.42 Å². The van der Waals surface area contributed by atoms with Crippen LogP contribution >= 0.6 is 0 Å². The molecule has 0 atom stereocenters. The monoisotopic (exact) mass is 295 g/mol. The SMILES string of the molecule is O=C(C=Cc1ccccc1)NCCc1ccc2c(c1)OCO2. The first-order valence-electron chi connectivity index (χ1n) is 7.21. The zero-order valence-electron chi connectivity index (χ0n) is 12.1. The molecular weight excluding hydrogens is 278 g/mol. The lowest BCUT2D eigenvalue weighted by molar-refractivity contribution is -0.116. The molecule has 0 bridgehead atoms. The second-order valence-corrected chi connectivity index (χ2v) is 4.97. The van der Waals surface area contributed by atoms with E-state index in [1.54, 1.807) is 12.2 Å². The van der Waals surface area contributed by atoms with Gasteiger partial charge in [-0.25, -0.2) is 0 Å². The average Bonchev–Trinajstić information content (AvgIpc) is 3.02. The van der Waals surface area contributed by atoms with Crippen LogP contribution in [0.3, 0.4) is 0 Å². The van der Waals surface area contributed by atoms with Crippen LogP contribution in [0.4, 0.5) is 0 Å². The molecule has 0 radical (unpaired) electrons. The van der Waals surface area contributed by atoms with Crippen LogP contribution < -0.4 is 14.8 Å². The molecule has 1 aliphatic rings. The maximum atomic E-state index is 11.8. The molecule has 0 spiro atoms. The fourth-order valence-corrected chi connectivity index (χ4v) is 2.22. The van der Waals surface area contributed by atoms with Gasteiger partial charge in [-0.1, -0.05) is 36.4 Å². The highest BCUT2D eigenvalue weighted by atomic mass is 16.7. The van der Waals surface area contributed by atoms with E-state index in [0.717, 1.165) is 29.0 Å². The number of hydrogen-bond acceptors (Lipinski definition) is 3. The lowest BCUT2D eigenvalue weighted by Gasteiger charge is -2.04. The van der Waals surface area contributed by atoms with Crippen LogP contribution in [-0.4, -0.2) is 19.2 Å². The van der Waals surface area contributed by atoms with Crippen molar-refractivity contribution in [2.75, 3.05) is 13.3 Å². The smallest absolute Gasteiger partial charge is 0.244 e. The molecule has 1 N–H and O–H groups in total. The number of carbonyl (C=O) groups is 1. The first kappa shape index (κ1) is 14.2. The van der Waals surface area contributed by atoms with Crippen LogP contribution in [0.25, 0.3) is 6.08 Å². The maximum absolute atomic E-state index is 11.8. The van der Waals surface area contributed by atoms with Crippen molar-refractivity contribution in [3.8, 4) is 11.5 Å². The van der Waals surface area contributed by atoms with Gasteiger partial charge in [0.15, 0.2) is 11.5 Å². The van der Waals surface area contributed by atoms with Crippen molar-refractivity contribution in [1.29, 1.82) is 0 Å². The summed E-state index contributed by atoms with van der Waals surface area (Å²) in [5.41, 5.74) is 2.12. The number of benzene rings is 2. The Bertz CT molecular complexity index is 680. The van der Waals surface area contributed by atoms with Gasteiger partial charge in [0.05, 0.1) is 0 Å². The third-order valence-electron chi connectivity index (χ3n) is 3.38. The van der Waals surface area contributed by atoms with E-state index in [0.29, 0.717) is 6.54 Å². The molecule has 0 unspecified atom stereocenters. The fraction of sp³-hybridized carbons (Fsp3) is 0.167. The van der Waals surface area contributed by atoms with Crippen LogP contribution in [0.5, 0.6) is 11.5 Å². The maximum Gasteiger partial charge on any atom is 0.244 e. The van der Waals surface area contributed by atoms with E-state index in [9.17, 15) is 4.79 Å². The normalized spacial score (nSPS) is 12.5. The van der Waals surface area contributed by atoms with Crippen LogP contribution in [-0.2, 0) is 11.2 Å². The molecule has 4 heteroatoms. The van der Waals surface area contributed by atoms with Gasteiger partial charge in [0.2, 0.25) is 12.7 Å². The zero-order chi connectivity index (χ0) is 15.2. The van der Waals surface area contributed by atoms with Gasteiger partial charge in [0.25, 0.3) is 0 Å². The van der Waals surface area contributed by atoms with E-state index >= 15 is 0 Å². The summed E-state index contributed by atoms with van der Waals surface area (Å²) >= 11 is 0. The Morgan fingerprint density at radius 3 is 2.77 bits per heavy atom. The zero-order valence-corrected chi connectivity index (χ0v) is 12.1. The van der Waals surface area contributed by atoms with Gasteiger partial charge in [-0.15, -0.1) is 0 Å². The molecule has 112 valence electrons. The highest BCUT2D eigenvalue weighted by Gasteiger charge is 2.12. The Hall–Kier alpha value is -2.75. The Morgan fingerprint density at radius 2 is 1.91 bits per heavy atom. The van der Waals surface area contributed by atoms with Crippen molar-refractivity contribution in [3.05, 3.63) is 65.7 Å². The van der Waals surface area contributed by atoms with Crippen molar-refractivity contribution in [1.82, 2.24) is 5.32 Å². The first-order chi connectivity index (χ1) is 10.8. The number of nitrogens with one attached hydrogen (secondary N) is 1. The second kappa shape index (κ2) is 6.80. The first-order valence-corrected chi connectivity index (χ1v) is 7.21. The topological polar surface area (TPSA) is 47.6 Å². The molecule has 1 heterocycles. The Balaban J connectivity index is 1.46. The van der Waals surface area contributed by atoms with Gasteiger partial charge < -0.3 is 14.8 Å². The molecule has 0 saturated heterocycles. The van der Waals surface area contributed by atoms with E-state index < -0.39 is 0 Å². The van der Waals surface area contributed by atoms with Gasteiger partial charge in [0, 0.05) is 12.6 Å². The third kappa shape index (κ3) is 3.67. The lowest BCUT2D eigenvalue weighted by atomic mass is 10.1. The molecule has 1 aliphatic heterocycles. The molecular formula is C18H17NO3. The number of carbonyl (C=O) groups excluding carboxylic acids is 1. The number of hydrogen-bond donors (Lipinski definition) is 1. The summed E-state index contributed by atoms with van der Waals surface area (Å²) < 4.78 is 10.6. The molecule has 0 aliphatic carbocycles. The van der Waals surface area contributed by atoms with Crippen LogP contribution in [0.15, 0.2) is 54.6 Å². The van der Waals surface area contributed by atoms with E-state index in [-0.39, 0.29) is 12.7 Å². The largest absolute Gasteiger partial charge is 0.454 e. The minimum Gasteiger partial charge on any atom is -0.454 e. The molecule has 0 aromatic heterocycles. The summed E-state index contributed by atoms with van der Waals surface area (Å²) in [6, 6.07) is 15.6. The molecule has 3 rings (SSSR count). The summed E-state index contributed by atoms with van der Waals surface area (Å²) in [6.07, 6.45) is 4.10. The van der Waals surface area contributed by atoms with E-state index in [1.807, 2.05) is 48.5 Å². The summed E-state index contributed by atoms with van der Waals surface area (Å²) in [4.78, 5) is 11.8.